The van der Waals surface area contributed by atoms with Crippen LogP contribution in [0.1, 0.15) is 10.8 Å². The molecular formula is C15H17N5O2S2. The zero-order chi connectivity index (χ0) is 17.4. The summed E-state index contributed by atoms with van der Waals surface area (Å²) >= 11 is 2.58. The van der Waals surface area contributed by atoms with E-state index >= 15 is 0 Å². The van der Waals surface area contributed by atoms with Crippen LogP contribution in [0.25, 0.3) is 0 Å². The minimum Gasteiger partial charge on any atom is -0.357 e. The van der Waals surface area contributed by atoms with Crippen molar-refractivity contribution in [3.8, 4) is 0 Å². The minimum absolute atomic E-state index is 0.415. The number of rotatable bonds is 7. The van der Waals surface area contributed by atoms with Crippen molar-refractivity contribution < 1.29 is 9.59 Å². The number of aromatic nitrogens is 2. The Morgan fingerprint density at radius 1 is 1.33 bits per heavy atom. The summed E-state index contributed by atoms with van der Waals surface area (Å²) in [6.07, 6.45) is 1.72. The van der Waals surface area contributed by atoms with E-state index in [9.17, 15) is 9.59 Å². The Balaban J connectivity index is 2.16. The summed E-state index contributed by atoms with van der Waals surface area (Å²) in [6, 6.07) is 8.66. The first-order valence-electron chi connectivity index (χ1n) is 7.06. The summed E-state index contributed by atoms with van der Waals surface area (Å²) in [4.78, 5) is 23.9. The topological polar surface area (TPSA) is 96.0 Å². The van der Waals surface area contributed by atoms with Gasteiger partial charge in [-0.05, 0) is 5.56 Å². The van der Waals surface area contributed by atoms with Crippen LogP contribution in [0.3, 0.4) is 0 Å². The fourth-order valence-electron chi connectivity index (χ4n) is 1.73. The minimum atomic E-state index is -0.608. The van der Waals surface area contributed by atoms with Gasteiger partial charge in [0.2, 0.25) is 11.0 Å². The van der Waals surface area contributed by atoms with E-state index in [0.29, 0.717) is 16.0 Å². The van der Waals surface area contributed by atoms with E-state index in [2.05, 4.69) is 32.7 Å². The van der Waals surface area contributed by atoms with Gasteiger partial charge in [0.25, 0.3) is 0 Å². The summed E-state index contributed by atoms with van der Waals surface area (Å²) in [5.74, 6) is -0.415. The Bertz CT molecular complexity index is 705. The molecule has 0 fully saturated rings. The molecule has 1 heterocycles. The van der Waals surface area contributed by atoms with Crippen molar-refractivity contribution in [3.05, 3.63) is 48.6 Å². The summed E-state index contributed by atoms with van der Waals surface area (Å²) < 4.78 is 0.627. The van der Waals surface area contributed by atoms with Crippen LogP contribution in [0.2, 0.25) is 0 Å². The predicted octanol–water partition coefficient (Wildman–Crippen LogP) is 2.42. The number of nitrogens with one attached hydrogen (secondary N) is 3. The molecule has 0 unspecified atom stereocenters. The van der Waals surface area contributed by atoms with Crippen LogP contribution in [-0.4, -0.2) is 35.7 Å². The number of thioether (sulfide) groups is 1. The number of carbonyl (C=O) groups excluding carboxylic acids is 2. The number of amides is 3. The van der Waals surface area contributed by atoms with Crippen molar-refractivity contribution in [2.75, 3.05) is 18.9 Å². The quantitative estimate of drug-likeness (QED) is 0.516. The molecule has 0 saturated heterocycles. The molecule has 9 heteroatoms. The molecular weight excluding hydrogens is 346 g/mol. The van der Waals surface area contributed by atoms with Crippen molar-refractivity contribution in [2.24, 2.45) is 0 Å². The molecule has 7 nitrogen and oxygen atoms in total. The fraction of sp³-hybridized carbons (Fsp3) is 0.200. The monoisotopic (exact) mass is 363 g/mol. The van der Waals surface area contributed by atoms with E-state index in [1.54, 1.807) is 6.08 Å². The van der Waals surface area contributed by atoms with Gasteiger partial charge in [0.1, 0.15) is 5.25 Å². The third-order valence-corrected chi connectivity index (χ3v) is 5.05. The van der Waals surface area contributed by atoms with Crippen LogP contribution >= 0.6 is 23.1 Å². The van der Waals surface area contributed by atoms with Gasteiger partial charge in [-0.2, -0.15) is 0 Å². The van der Waals surface area contributed by atoms with Crippen LogP contribution < -0.4 is 16.0 Å². The van der Waals surface area contributed by atoms with Gasteiger partial charge < -0.3 is 10.6 Å². The van der Waals surface area contributed by atoms with Gasteiger partial charge >= 0.3 is 6.03 Å². The van der Waals surface area contributed by atoms with Gasteiger partial charge in [-0.3, -0.25) is 10.1 Å². The number of nitrogens with zero attached hydrogens (tertiary/aromatic N) is 2. The molecule has 0 aliphatic rings. The number of imide groups is 1. The zero-order valence-electron chi connectivity index (χ0n) is 13.0. The van der Waals surface area contributed by atoms with Crippen molar-refractivity contribution in [1.82, 2.24) is 20.8 Å². The largest absolute Gasteiger partial charge is 0.357 e. The number of anilines is 1. The molecule has 3 N–H and O–H groups in total. The lowest BCUT2D eigenvalue weighted by Crippen LogP contribution is -2.39. The Labute approximate surface area is 147 Å². The fourth-order valence-corrected chi connectivity index (χ4v) is 3.68. The number of benzene rings is 1. The molecule has 0 spiro atoms. The molecule has 2 aromatic rings. The SMILES string of the molecule is C=CCNc1nnc(S[C@@H](C(=O)NC(=O)NC)c2ccccc2)s1. The Morgan fingerprint density at radius 3 is 2.75 bits per heavy atom. The van der Waals surface area contributed by atoms with E-state index in [0.717, 1.165) is 5.56 Å². The van der Waals surface area contributed by atoms with Gasteiger partial charge in [-0.1, -0.05) is 59.5 Å². The number of hydrogen-bond donors (Lipinski definition) is 3. The summed E-state index contributed by atoms with van der Waals surface area (Å²) in [7, 11) is 1.45. The van der Waals surface area contributed by atoms with E-state index < -0.39 is 17.2 Å². The first kappa shape index (κ1) is 18.0. The molecule has 2 rings (SSSR count). The molecule has 0 saturated carbocycles. The average Bonchev–Trinajstić information content (AvgIpc) is 3.06. The smallest absolute Gasteiger partial charge is 0.321 e. The first-order chi connectivity index (χ1) is 11.6. The van der Waals surface area contributed by atoms with Crippen molar-refractivity contribution in [2.45, 2.75) is 9.59 Å². The van der Waals surface area contributed by atoms with Crippen LogP contribution in [-0.2, 0) is 4.79 Å². The highest BCUT2D eigenvalue weighted by Crippen LogP contribution is 2.37. The normalized spacial score (nSPS) is 11.4. The molecule has 1 aromatic heterocycles. The standard InChI is InChI=1S/C15H17N5O2S2/c1-3-9-17-14-19-20-15(24-14)23-11(10-7-5-4-6-8-10)12(21)18-13(22)16-2/h3-8,11H,1,9H2,2H3,(H,17,19)(H2,16,18,21,22)/t11-/m1/s1. The third-order valence-electron chi connectivity index (χ3n) is 2.83. The van der Waals surface area contributed by atoms with Gasteiger partial charge in [-0.15, -0.1) is 16.8 Å². The van der Waals surface area contributed by atoms with E-state index in [1.807, 2.05) is 30.3 Å². The van der Waals surface area contributed by atoms with Gasteiger partial charge in [0.15, 0.2) is 4.34 Å². The van der Waals surface area contributed by atoms with E-state index in [1.165, 1.54) is 30.1 Å². The van der Waals surface area contributed by atoms with Crippen molar-refractivity contribution in [3.63, 3.8) is 0 Å². The molecule has 0 aliphatic heterocycles. The second kappa shape index (κ2) is 9.04. The first-order valence-corrected chi connectivity index (χ1v) is 8.76. The molecule has 126 valence electrons. The number of carbonyl (C=O) groups is 2. The van der Waals surface area contributed by atoms with Gasteiger partial charge in [-0.25, -0.2) is 4.79 Å². The van der Waals surface area contributed by atoms with Gasteiger partial charge in [0.05, 0.1) is 0 Å². The van der Waals surface area contributed by atoms with E-state index in [-0.39, 0.29) is 0 Å². The summed E-state index contributed by atoms with van der Waals surface area (Å²) in [6.45, 7) is 4.21. The maximum Gasteiger partial charge on any atom is 0.321 e. The van der Waals surface area contributed by atoms with E-state index in [4.69, 9.17) is 0 Å². The second-order valence-corrected chi connectivity index (χ2v) is 6.85. The Morgan fingerprint density at radius 2 is 2.08 bits per heavy atom. The highest BCUT2D eigenvalue weighted by atomic mass is 32.2. The number of hydrogen-bond acceptors (Lipinski definition) is 7. The molecule has 1 atom stereocenters. The molecule has 3 amide bonds. The molecule has 24 heavy (non-hydrogen) atoms. The highest BCUT2D eigenvalue weighted by molar-refractivity contribution is 8.01. The predicted molar refractivity (Wildman–Crippen MR) is 96.2 cm³/mol. The maximum absolute atomic E-state index is 12.4. The van der Waals surface area contributed by atoms with Crippen LogP contribution in [0.5, 0.6) is 0 Å². The summed E-state index contributed by atoms with van der Waals surface area (Å²) in [5.41, 5.74) is 0.778. The second-order valence-electron chi connectivity index (χ2n) is 4.52. The Hall–Kier alpha value is -2.39. The lowest BCUT2D eigenvalue weighted by atomic mass is 10.1. The van der Waals surface area contributed by atoms with Crippen LogP contribution in [0.15, 0.2) is 47.3 Å². The molecule has 0 bridgehead atoms. The summed E-state index contributed by atoms with van der Waals surface area (Å²) in [5, 5.41) is 15.8. The Kier molecular flexibility index (Phi) is 6.76. The molecule has 0 radical (unpaired) electrons. The lowest BCUT2D eigenvalue weighted by Gasteiger charge is -2.14. The maximum atomic E-state index is 12.4. The zero-order valence-corrected chi connectivity index (χ0v) is 14.6. The number of urea groups is 1. The van der Waals surface area contributed by atoms with Crippen molar-refractivity contribution >= 4 is 40.2 Å². The molecule has 0 aliphatic carbocycles. The molecule has 1 aromatic carbocycles. The van der Waals surface area contributed by atoms with Crippen LogP contribution in [0, 0.1) is 0 Å². The van der Waals surface area contributed by atoms with Crippen molar-refractivity contribution in [1.29, 1.82) is 0 Å². The highest BCUT2D eigenvalue weighted by Gasteiger charge is 2.25. The van der Waals surface area contributed by atoms with Crippen LogP contribution in [0.4, 0.5) is 9.93 Å². The van der Waals surface area contributed by atoms with Gasteiger partial charge in [0, 0.05) is 13.6 Å². The average molecular weight is 363 g/mol. The lowest BCUT2D eigenvalue weighted by molar-refractivity contribution is -0.119. The third kappa shape index (κ3) is 5.07.